The summed E-state index contributed by atoms with van der Waals surface area (Å²) >= 11 is 0.511. The molecule has 1 aromatic carbocycles. The van der Waals surface area contributed by atoms with Gasteiger partial charge in [0.2, 0.25) is 0 Å². The summed E-state index contributed by atoms with van der Waals surface area (Å²) in [5.74, 6) is 2.25. The van der Waals surface area contributed by atoms with Crippen molar-refractivity contribution < 1.29 is 12.4 Å². The van der Waals surface area contributed by atoms with E-state index in [1.807, 2.05) is 0 Å². The van der Waals surface area contributed by atoms with E-state index >= 15 is 0 Å². The fourth-order valence-electron chi connectivity index (χ4n) is 0.645. The Kier molecular flexibility index (Phi) is 4.90. The molecule has 0 aliphatic heterocycles. The van der Waals surface area contributed by atoms with Gasteiger partial charge in [0.1, 0.15) is 0 Å². The minimum atomic E-state index is 0. The first-order valence-electron chi connectivity index (χ1n) is 2.78. The number of hydrogen-bond donors (Lipinski definition) is 0. The summed E-state index contributed by atoms with van der Waals surface area (Å²) in [7, 11) is 0. The average Bonchev–Trinajstić information content (AvgIpc) is 1.90. The van der Waals surface area contributed by atoms with Gasteiger partial charge in [-0.15, -0.1) is 0 Å². The van der Waals surface area contributed by atoms with Crippen molar-refractivity contribution in [2.24, 2.45) is 0 Å². The van der Waals surface area contributed by atoms with Gasteiger partial charge in [0, 0.05) is 0 Å². The van der Waals surface area contributed by atoms with Gasteiger partial charge >= 0.3 is 55.8 Å². The molecule has 1 rings (SSSR count). The molecule has 0 heterocycles. The Hall–Kier alpha value is 0.0425. The molecule has 0 bridgehead atoms. The van der Waals surface area contributed by atoms with Crippen LogP contribution in [0.3, 0.4) is 0 Å². The third-order valence-corrected chi connectivity index (χ3v) is 2.18. The van der Waals surface area contributed by atoms with Gasteiger partial charge in [0.15, 0.2) is 0 Å². The van der Waals surface area contributed by atoms with Crippen LogP contribution in [-0.4, -0.2) is 15.2 Å². The van der Waals surface area contributed by atoms with E-state index in [4.69, 9.17) is 0 Å². The Morgan fingerprint density at radius 2 is 1.67 bits per heavy atom. The monoisotopic (exact) mass is 154 g/mol. The summed E-state index contributed by atoms with van der Waals surface area (Å²) in [6.45, 7) is 0. The van der Waals surface area contributed by atoms with Crippen molar-refractivity contribution in [2.75, 3.05) is 0 Å². The predicted molar refractivity (Wildman–Crippen MR) is 37.7 cm³/mol. The molecule has 46 valence electrons. The fourth-order valence-corrected chi connectivity index (χ4v) is 1.25. The van der Waals surface area contributed by atoms with Gasteiger partial charge in [0.25, 0.3) is 0 Å². The molecule has 0 radical (unpaired) electrons. The Balaban J connectivity index is 0.000000640. The summed E-state index contributed by atoms with van der Waals surface area (Å²) in [5.41, 5.74) is 0. The van der Waals surface area contributed by atoms with E-state index in [1.165, 1.54) is 4.43 Å². The van der Waals surface area contributed by atoms with E-state index in [0.717, 1.165) is 0 Å². The maximum atomic E-state index is 2.25. The molecule has 0 amide bonds. The van der Waals surface area contributed by atoms with Gasteiger partial charge in [-0.25, -0.2) is 0 Å². The topological polar surface area (TPSA) is 0 Å². The summed E-state index contributed by atoms with van der Waals surface area (Å²) in [6.07, 6.45) is 0. The largest absolute Gasteiger partial charge is 1.00 e. The summed E-state index contributed by atoms with van der Waals surface area (Å²) in [5, 5.41) is 0. The Morgan fingerprint density at radius 1 is 1.11 bits per heavy atom. The second kappa shape index (κ2) is 4.88. The normalized spacial score (nSPS) is 7.22. The van der Waals surface area contributed by atoms with Gasteiger partial charge in [0.05, 0.1) is 0 Å². The molecule has 0 atom stereocenters. The zero-order chi connectivity index (χ0) is 5.82. The Bertz CT molecular complexity index is 150. The minimum Gasteiger partial charge on any atom is -1.00 e. The van der Waals surface area contributed by atoms with Crippen LogP contribution in [0.4, 0.5) is 0 Å². The second-order valence-corrected chi connectivity index (χ2v) is 2.94. The van der Waals surface area contributed by atoms with Crippen LogP contribution in [0.2, 0.25) is 5.79 Å². The van der Waals surface area contributed by atoms with Crippen LogP contribution in [0, 0.1) is 0 Å². The first kappa shape index (κ1) is 9.04. The molecule has 0 N–H and O–H groups in total. The van der Waals surface area contributed by atoms with E-state index in [9.17, 15) is 0 Å². The SMILES string of the molecule is [CH3][Al+][c]1ccccc1.[Cl-]. The van der Waals surface area contributed by atoms with Crippen molar-refractivity contribution in [3.63, 3.8) is 0 Å². The zero-order valence-corrected chi connectivity index (χ0v) is 7.25. The molecule has 0 aliphatic rings. The van der Waals surface area contributed by atoms with Crippen LogP contribution in [0.15, 0.2) is 30.3 Å². The van der Waals surface area contributed by atoms with Crippen LogP contribution >= 0.6 is 0 Å². The number of halogens is 1. The molecule has 1 aromatic rings. The standard InChI is InChI=1S/C6H5.CH3.Al.ClH/c1-2-4-6-5-3-1;;;/h1-5H;1H3;;1H/q;;+1;/p-1. The summed E-state index contributed by atoms with van der Waals surface area (Å²) in [6, 6.07) is 10.6. The first-order valence-corrected chi connectivity index (χ1v) is 4.51. The number of hydrogen-bond acceptors (Lipinski definition) is 0. The van der Waals surface area contributed by atoms with Gasteiger partial charge in [-0.05, 0) is 0 Å². The first-order chi connectivity index (χ1) is 3.93. The van der Waals surface area contributed by atoms with Crippen molar-refractivity contribution >= 4 is 19.6 Å². The van der Waals surface area contributed by atoms with E-state index < -0.39 is 0 Å². The molecule has 0 spiro atoms. The van der Waals surface area contributed by atoms with Crippen LogP contribution in [0.5, 0.6) is 0 Å². The smallest absolute Gasteiger partial charge is 1.00 e. The van der Waals surface area contributed by atoms with Crippen molar-refractivity contribution in [2.45, 2.75) is 5.79 Å². The van der Waals surface area contributed by atoms with Gasteiger partial charge in [-0.2, -0.15) is 0 Å². The summed E-state index contributed by atoms with van der Waals surface area (Å²) in [4.78, 5) is 0. The molecule has 0 saturated carbocycles. The number of rotatable bonds is 1. The quantitative estimate of drug-likeness (QED) is 0.414. The van der Waals surface area contributed by atoms with E-state index in [-0.39, 0.29) is 12.4 Å². The molecular weight excluding hydrogens is 147 g/mol. The molecular formula is C7H8AlCl. The second-order valence-electron chi connectivity index (χ2n) is 1.70. The molecule has 0 nitrogen and oxygen atoms in total. The van der Waals surface area contributed by atoms with Crippen molar-refractivity contribution in [3.05, 3.63) is 30.3 Å². The maximum absolute atomic E-state index is 2.25. The molecule has 0 aromatic heterocycles. The molecule has 0 unspecified atom stereocenters. The van der Waals surface area contributed by atoms with Crippen LogP contribution in [-0.2, 0) is 0 Å². The molecule has 0 aliphatic carbocycles. The van der Waals surface area contributed by atoms with Gasteiger partial charge in [-0.3, -0.25) is 0 Å². The maximum Gasteiger partial charge on any atom is -1.00 e. The van der Waals surface area contributed by atoms with E-state index in [1.54, 1.807) is 0 Å². The van der Waals surface area contributed by atoms with Crippen molar-refractivity contribution in [1.29, 1.82) is 0 Å². The molecule has 9 heavy (non-hydrogen) atoms. The minimum absolute atomic E-state index is 0. The van der Waals surface area contributed by atoms with Gasteiger partial charge < -0.3 is 12.4 Å². The molecule has 0 saturated heterocycles. The Labute approximate surface area is 68.4 Å². The summed E-state index contributed by atoms with van der Waals surface area (Å²) < 4.78 is 1.49. The van der Waals surface area contributed by atoms with Crippen LogP contribution < -0.4 is 16.8 Å². The zero-order valence-electron chi connectivity index (χ0n) is 5.34. The third kappa shape index (κ3) is 2.91. The number of benzene rings is 1. The van der Waals surface area contributed by atoms with Crippen molar-refractivity contribution in [3.8, 4) is 0 Å². The van der Waals surface area contributed by atoms with Crippen LogP contribution in [0.25, 0.3) is 0 Å². The van der Waals surface area contributed by atoms with Crippen LogP contribution in [0.1, 0.15) is 0 Å². The Morgan fingerprint density at radius 3 is 2.00 bits per heavy atom. The third-order valence-electron chi connectivity index (χ3n) is 1.13. The molecule has 0 fully saturated rings. The van der Waals surface area contributed by atoms with E-state index in [0.29, 0.717) is 15.2 Å². The van der Waals surface area contributed by atoms with Crippen molar-refractivity contribution in [1.82, 2.24) is 0 Å². The average molecular weight is 155 g/mol. The fraction of sp³-hybridized carbons (Fsp3) is 0.143. The van der Waals surface area contributed by atoms with E-state index in [2.05, 4.69) is 36.1 Å². The predicted octanol–water partition coefficient (Wildman–Crippen LogP) is -1.93. The molecule has 2 heteroatoms. The van der Waals surface area contributed by atoms with Gasteiger partial charge in [-0.1, -0.05) is 0 Å².